The van der Waals surface area contributed by atoms with E-state index in [4.69, 9.17) is 71.1 Å². The number of aliphatic hydroxyl groups excluding tert-OH is 17. The van der Waals surface area contributed by atoms with Gasteiger partial charge in [0.1, 0.15) is 134 Å². The number of carbonyl (C=O) groups excluding carboxylic acids is 3. The van der Waals surface area contributed by atoms with Gasteiger partial charge in [0.25, 0.3) is 0 Å². The van der Waals surface area contributed by atoms with Gasteiger partial charge in [0.05, 0.1) is 55.8 Å². The third-order valence-corrected chi connectivity index (χ3v) is 27.1. The van der Waals surface area contributed by atoms with Crippen LogP contribution in [-0.2, 0) is 90.2 Å². The van der Waals surface area contributed by atoms with Crippen LogP contribution in [0.15, 0.2) is 11.6 Å². The summed E-state index contributed by atoms with van der Waals surface area (Å²) in [4.78, 5) is 55.4. The first kappa shape index (κ1) is 85.0. The average Bonchev–Trinajstić information content (AvgIpc) is 0.669. The van der Waals surface area contributed by atoms with Crippen molar-refractivity contribution in [3.63, 3.8) is 0 Å². The SMILES string of the molecule is CC(=O)OC1C(C)OC(OC2C(C)OC(OC(=O)C34CCC(C)(C)CC3C3=CCC5C6(C)CCC(OC7OC(C(=O)O)C(O)C(OC8OCC(O)C(O)C8O)C7OC7OC(CO)C(O)C(O)C7O)C(C)(C=O)C6CCC5(C)C3(C)CC4O)C(OC3OC(C)C(OC4OCC(O)C(O)C4O)C(O)C3O)C2O)C(O)C1O. The van der Waals surface area contributed by atoms with Crippen molar-refractivity contribution in [3.8, 4) is 0 Å². The second-order valence-electron chi connectivity index (χ2n) is 34.1. The number of allylic oxidation sites excluding steroid dienone is 2. The number of carbonyl (C=O) groups is 4. The lowest BCUT2D eigenvalue weighted by Crippen LogP contribution is -2.69. The van der Waals surface area contributed by atoms with Crippen LogP contribution in [-0.4, -0.2) is 351 Å². The van der Waals surface area contributed by atoms with E-state index >= 15 is 4.79 Å². The molecule has 37 heteroatoms. The molecule has 0 spiro atoms. The van der Waals surface area contributed by atoms with E-state index in [0.29, 0.717) is 38.5 Å². The Morgan fingerprint density at radius 1 is 0.495 bits per heavy atom. The van der Waals surface area contributed by atoms with Crippen molar-refractivity contribution in [2.24, 2.45) is 50.2 Å². The molecule has 7 saturated heterocycles. The summed E-state index contributed by atoms with van der Waals surface area (Å²) in [6.45, 7) is 15.6. The molecule has 7 aliphatic heterocycles. The lowest BCUT2D eigenvalue weighted by molar-refractivity contribution is -0.391. The predicted molar refractivity (Wildman–Crippen MR) is 356 cm³/mol. The highest BCUT2D eigenvalue weighted by molar-refractivity contribution is 5.80. The van der Waals surface area contributed by atoms with Crippen molar-refractivity contribution in [2.45, 2.75) is 342 Å². The summed E-state index contributed by atoms with van der Waals surface area (Å²) in [7, 11) is 0. The van der Waals surface area contributed by atoms with E-state index in [1.165, 1.54) is 20.8 Å². The fraction of sp³-hybridized carbons (Fsp3) is 0.917. The molecule has 109 heavy (non-hydrogen) atoms. The van der Waals surface area contributed by atoms with Crippen molar-refractivity contribution in [1.29, 1.82) is 0 Å². The molecule has 7 heterocycles. The monoisotopic (exact) mass is 1570 g/mol. The third-order valence-electron chi connectivity index (χ3n) is 27.1. The van der Waals surface area contributed by atoms with Crippen LogP contribution in [0.4, 0.5) is 0 Å². The Morgan fingerprint density at radius 2 is 1.01 bits per heavy atom. The number of esters is 2. The fourth-order valence-corrected chi connectivity index (χ4v) is 20.6. The maximum atomic E-state index is 16.1. The van der Waals surface area contributed by atoms with Crippen molar-refractivity contribution >= 4 is 24.2 Å². The van der Waals surface area contributed by atoms with Gasteiger partial charge in [-0.05, 0) is 118 Å². The maximum Gasteiger partial charge on any atom is 0.335 e. The molecule has 12 aliphatic rings. The summed E-state index contributed by atoms with van der Waals surface area (Å²) in [6.07, 6.45) is -56.4. The Labute approximate surface area is 628 Å². The summed E-state index contributed by atoms with van der Waals surface area (Å²) in [6, 6.07) is 0. The molecule has 0 aromatic rings. The molecule has 11 fully saturated rings. The number of rotatable bonds is 18. The Kier molecular flexibility index (Phi) is 24.9. The van der Waals surface area contributed by atoms with Crippen molar-refractivity contribution in [1.82, 2.24) is 0 Å². The fourth-order valence-electron chi connectivity index (χ4n) is 20.6. The molecule has 0 aromatic carbocycles. The van der Waals surface area contributed by atoms with E-state index in [1.54, 1.807) is 6.92 Å². The first-order chi connectivity index (χ1) is 51.0. The first-order valence-electron chi connectivity index (χ1n) is 37.8. The largest absolute Gasteiger partial charge is 0.479 e. The molecule has 12 rings (SSSR count). The normalized spacial score (nSPS) is 54.1. The molecule has 43 atom stereocenters. The number of fused-ring (bicyclic) bond motifs is 7. The molecule has 18 N–H and O–H groups in total. The molecule has 37 nitrogen and oxygen atoms in total. The van der Waals surface area contributed by atoms with Gasteiger partial charge in [-0.25, -0.2) is 4.79 Å². The van der Waals surface area contributed by atoms with Gasteiger partial charge in [-0.2, -0.15) is 0 Å². The Hall–Kier alpha value is -3.38. The van der Waals surface area contributed by atoms with Gasteiger partial charge in [-0.3, -0.25) is 9.59 Å². The zero-order valence-corrected chi connectivity index (χ0v) is 62.4. The van der Waals surface area contributed by atoms with Gasteiger partial charge in [-0.15, -0.1) is 0 Å². The van der Waals surface area contributed by atoms with E-state index in [0.717, 1.165) is 18.8 Å². The van der Waals surface area contributed by atoms with Crippen molar-refractivity contribution in [2.75, 3.05) is 19.8 Å². The minimum Gasteiger partial charge on any atom is -0.479 e. The molecule has 5 aliphatic carbocycles. The Morgan fingerprint density at radius 3 is 1.59 bits per heavy atom. The number of hydrogen-bond donors (Lipinski definition) is 18. The van der Waals surface area contributed by atoms with Crippen molar-refractivity contribution in [3.05, 3.63) is 11.6 Å². The lowest BCUT2D eigenvalue weighted by atomic mass is 9.33. The van der Waals surface area contributed by atoms with Crippen molar-refractivity contribution < 1.29 is 182 Å². The Bertz CT molecular complexity index is 3240. The quantitative estimate of drug-likeness (QED) is 0.0264. The molecule has 622 valence electrons. The molecule has 0 bridgehead atoms. The molecule has 4 saturated carbocycles. The number of aliphatic hydroxyl groups is 17. The highest BCUT2D eigenvalue weighted by Gasteiger charge is 2.73. The van der Waals surface area contributed by atoms with Gasteiger partial charge in [0, 0.05) is 6.92 Å². The van der Waals surface area contributed by atoms with Gasteiger partial charge >= 0.3 is 17.9 Å². The van der Waals surface area contributed by atoms with Crippen LogP contribution >= 0.6 is 0 Å². The van der Waals surface area contributed by atoms with Crippen LogP contribution in [0.3, 0.4) is 0 Å². The molecule has 0 aromatic heterocycles. The van der Waals surface area contributed by atoms with E-state index in [1.807, 2.05) is 0 Å². The first-order valence-corrected chi connectivity index (χ1v) is 37.8. The van der Waals surface area contributed by atoms with Gasteiger partial charge < -0.3 is 168 Å². The standard InChI is InChI=1S/C72H112O37/c1-25-51(100-28(4)75)42(83)47(88)61(97-25)104-53-27(3)99-64(56(49(53)90)107-62-48(89)43(84)52(26(2)98-62)103-59-44(85)38(79)31(76)22-95-59)109-66(94)72-18-17-67(5,6)19-30(72)29-11-12-35-68(7)15-14-37(69(8,24-74)34(68)13-16-70(35,9)71(29,10)20-36(72)78)102-65-57(108-63-46(87)41(82)40(81)33(21-73)101-63)54(50(91)55(106-65)58(92)93)105-60-45(86)39(80)32(77)23-96-60/h11,24-27,30-57,59-65,73,76-91H,12-23H2,1-10H3,(H,92,93). The van der Waals surface area contributed by atoms with Gasteiger partial charge in [0.15, 0.2) is 56.1 Å². The summed E-state index contributed by atoms with van der Waals surface area (Å²) in [5.41, 5.74) is -5.08. The Balaban J connectivity index is 0.826. The summed E-state index contributed by atoms with van der Waals surface area (Å²) in [5.74, 6) is -4.98. The maximum absolute atomic E-state index is 16.1. The topological polar surface area (TPSA) is 571 Å². The number of aldehydes is 1. The second-order valence-corrected chi connectivity index (χ2v) is 34.1. The van der Waals surface area contributed by atoms with E-state index in [2.05, 4.69) is 40.7 Å². The highest BCUT2D eigenvalue weighted by atomic mass is 16.8. The van der Waals surface area contributed by atoms with Gasteiger partial charge in [-0.1, -0.05) is 53.2 Å². The van der Waals surface area contributed by atoms with Crippen LogP contribution in [0.2, 0.25) is 0 Å². The van der Waals surface area contributed by atoms with Crippen LogP contribution in [0.25, 0.3) is 0 Å². The van der Waals surface area contributed by atoms with E-state index in [9.17, 15) is 106 Å². The van der Waals surface area contributed by atoms with Crippen LogP contribution in [0.5, 0.6) is 0 Å². The third kappa shape index (κ3) is 14.8. The zero-order chi connectivity index (χ0) is 79.8. The highest BCUT2D eigenvalue weighted by Crippen LogP contribution is 2.76. The van der Waals surface area contributed by atoms with E-state index < -0.39 is 297 Å². The smallest absolute Gasteiger partial charge is 0.335 e. The lowest BCUT2D eigenvalue weighted by Gasteiger charge is -2.71. The minimum absolute atomic E-state index is 0.00271. The number of hydrogen-bond acceptors (Lipinski definition) is 36. The van der Waals surface area contributed by atoms with E-state index in [-0.39, 0.29) is 25.2 Å². The number of aliphatic carboxylic acids is 1. The molecular formula is C72H112O37. The van der Waals surface area contributed by atoms with Crippen LogP contribution < -0.4 is 0 Å². The minimum atomic E-state index is -2.23. The second kappa shape index (κ2) is 31.9. The molecule has 0 radical (unpaired) electrons. The number of carboxylic acid groups (broad SMARTS) is 1. The number of ether oxygens (including phenoxy) is 15. The predicted octanol–water partition coefficient (Wildman–Crippen LogP) is -5.39. The summed E-state index contributed by atoms with van der Waals surface area (Å²) < 4.78 is 90.3. The molecular weight excluding hydrogens is 1460 g/mol. The molecule has 43 unspecified atom stereocenters. The van der Waals surface area contributed by atoms with Crippen LogP contribution in [0, 0.1) is 50.2 Å². The summed E-state index contributed by atoms with van der Waals surface area (Å²) in [5, 5.41) is 201. The molecule has 0 amide bonds. The van der Waals surface area contributed by atoms with Crippen LogP contribution in [0.1, 0.15) is 127 Å². The van der Waals surface area contributed by atoms with Gasteiger partial charge in [0.2, 0.25) is 6.29 Å². The average molecular weight is 1570 g/mol. The number of carboxylic acids is 1. The summed E-state index contributed by atoms with van der Waals surface area (Å²) >= 11 is 0. The zero-order valence-electron chi connectivity index (χ0n) is 62.4.